The van der Waals surface area contributed by atoms with Gasteiger partial charge in [-0.25, -0.2) is 8.42 Å². The molecule has 0 saturated heterocycles. The summed E-state index contributed by atoms with van der Waals surface area (Å²) in [6.45, 7) is 4.51. The smallest absolute Gasteiger partial charge is 0.320 e. The van der Waals surface area contributed by atoms with Crippen LogP contribution in [-0.2, 0) is 14.8 Å². The highest BCUT2D eigenvalue weighted by molar-refractivity contribution is 7.89. The Kier molecular flexibility index (Phi) is 6.42. The lowest BCUT2D eigenvalue weighted by molar-refractivity contribution is -0.139. The molecule has 2 aromatic carbocycles. The number of nitrogens with one attached hydrogen (secondary N) is 1. The summed E-state index contributed by atoms with van der Waals surface area (Å²) < 4.78 is 62.9. The maximum Gasteiger partial charge on any atom is 0.320 e. The van der Waals surface area contributed by atoms with Crippen molar-refractivity contribution in [2.45, 2.75) is 36.5 Å². The van der Waals surface area contributed by atoms with E-state index >= 15 is 8.78 Å². The predicted molar refractivity (Wildman–Crippen MR) is 106 cm³/mol. The third-order valence-corrected chi connectivity index (χ3v) is 7.26. The average Bonchev–Trinajstić information content (AvgIpc) is 2.65. The number of hydrogen-bond acceptors (Lipinski definition) is 4. The second-order valence-electron chi connectivity index (χ2n) is 7.34. The Hall–Kier alpha value is -2.10. The fourth-order valence-corrected chi connectivity index (χ4v) is 4.98. The normalized spacial score (nSPS) is 13.8. The van der Waals surface area contributed by atoms with E-state index in [1.807, 2.05) is 4.72 Å². The molecule has 0 saturated carbocycles. The fourth-order valence-electron chi connectivity index (χ4n) is 2.61. The summed E-state index contributed by atoms with van der Waals surface area (Å²) >= 11 is 0. The molecular weight excluding hydrogens is 404 g/mol. The van der Waals surface area contributed by atoms with Gasteiger partial charge in [-0.05, 0) is 29.8 Å². The molecule has 0 bridgehead atoms. The average molecular weight is 428 g/mol. The van der Waals surface area contributed by atoms with Crippen LogP contribution in [0.15, 0.2) is 59.5 Å². The second-order valence-corrected chi connectivity index (χ2v) is 14.0. The summed E-state index contributed by atoms with van der Waals surface area (Å²) in [5.74, 6) is -3.47. The Balaban J connectivity index is 2.49. The lowest BCUT2D eigenvalue weighted by atomic mass is 10.0. The molecule has 1 unspecified atom stereocenters. The van der Waals surface area contributed by atoms with Crippen molar-refractivity contribution in [3.63, 3.8) is 0 Å². The molecule has 0 aliphatic heterocycles. The highest BCUT2D eigenvalue weighted by atomic mass is 32.2. The number of alkyl halides is 2. The van der Waals surface area contributed by atoms with Crippen LogP contribution in [0, 0.1) is 0 Å². The van der Waals surface area contributed by atoms with Gasteiger partial charge in [-0.3, -0.25) is 4.79 Å². The molecule has 1 N–H and O–H groups in total. The molecule has 1 atom stereocenters. The molecular formula is C19H23F2NO4SSi. The van der Waals surface area contributed by atoms with Crippen LogP contribution in [0.3, 0.4) is 0 Å². The van der Waals surface area contributed by atoms with Gasteiger partial charge in [0, 0.05) is 0 Å². The van der Waals surface area contributed by atoms with Gasteiger partial charge in [0.25, 0.3) is 0 Å². The molecule has 0 radical (unpaired) electrons. The Morgan fingerprint density at radius 2 is 1.57 bits per heavy atom. The van der Waals surface area contributed by atoms with Crippen molar-refractivity contribution in [1.82, 2.24) is 4.72 Å². The molecule has 9 heteroatoms. The van der Waals surface area contributed by atoms with E-state index in [-0.39, 0.29) is 10.5 Å². The van der Waals surface area contributed by atoms with Crippen molar-refractivity contribution in [1.29, 1.82) is 0 Å². The monoisotopic (exact) mass is 427 g/mol. The SMILES string of the molecule is COc1ccc(S(=O)(=O)NC(c2ccccc2)C(F)(F)C(=O)[Si](C)(C)C)cc1. The molecule has 28 heavy (non-hydrogen) atoms. The molecule has 2 rings (SSSR count). The Morgan fingerprint density at radius 3 is 2.04 bits per heavy atom. The zero-order chi connectivity index (χ0) is 21.2. The lowest BCUT2D eigenvalue weighted by Crippen LogP contribution is -2.53. The van der Waals surface area contributed by atoms with Crippen LogP contribution in [-0.4, -0.2) is 34.9 Å². The number of carbonyl (C=O) groups excluding carboxylic acids is 1. The Bertz CT molecular complexity index is 927. The first kappa shape index (κ1) is 22.2. The van der Waals surface area contributed by atoms with E-state index in [0.29, 0.717) is 5.75 Å². The molecule has 0 fully saturated rings. The molecule has 0 heterocycles. The van der Waals surface area contributed by atoms with Gasteiger partial charge < -0.3 is 4.74 Å². The molecule has 152 valence electrons. The zero-order valence-electron chi connectivity index (χ0n) is 16.1. The van der Waals surface area contributed by atoms with Crippen molar-refractivity contribution in [2.75, 3.05) is 7.11 Å². The molecule has 0 aromatic heterocycles. The van der Waals surface area contributed by atoms with Gasteiger partial charge in [0.05, 0.1) is 12.0 Å². The van der Waals surface area contributed by atoms with E-state index in [1.54, 1.807) is 6.07 Å². The van der Waals surface area contributed by atoms with Crippen molar-refractivity contribution in [3.8, 4) is 5.75 Å². The second kappa shape index (κ2) is 8.10. The molecule has 5 nitrogen and oxygen atoms in total. The first-order chi connectivity index (χ1) is 12.9. The summed E-state index contributed by atoms with van der Waals surface area (Å²) in [5.41, 5.74) is 0.0104. The van der Waals surface area contributed by atoms with E-state index in [4.69, 9.17) is 4.74 Å². The molecule has 0 amide bonds. The van der Waals surface area contributed by atoms with Gasteiger partial charge in [-0.2, -0.15) is 13.5 Å². The minimum absolute atomic E-state index is 0.0104. The molecule has 0 spiro atoms. The minimum Gasteiger partial charge on any atom is -0.497 e. The van der Waals surface area contributed by atoms with Crippen LogP contribution < -0.4 is 9.46 Å². The van der Waals surface area contributed by atoms with Crippen molar-refractivity contribution in [2.24, 2.45) is 0 Å². The number of halogens is 2. The van der Waals surface area contributed by atoms with Crippen LogP contribution in [0.25, 0.3) is 0 Å². The third kappa shape index (κ3) is 4.84. The summed E-state index contributed by atoms with van der Waals surface area (Å²) in [6.07, 6.45) is 0. The number of sulfonamides is 1. The number of rotatable bonds is 8. The maximum atomic E-state index is 15.2. The highest BCUT2D eigenvalue weighted by Crippen LogP contribution is 2.36. The molecule has 0 aliphatic rings. The van der Waals surface area contributed by atoms with E-state index in [9.17, 15) is 13.2 Å². The van der Waals surface area contributed by atoms with Gasteiger partial charge in [0.15, 0.2) is 5.41 Å². The highest BCUT2D eigenvalue weighted by Gasteiger charge is 2.53. The Labute approximate surface area is 164 Å². The first-order valence-corrected chi connectivity index (χ1v) is 13.5. The quantitative estimate of drug-likeness (QED) is 0.651. The van der Waals surface area contributed by atoms with Crippen molar-refractivity contribution in [3.05, 3.63) is 60.2 Å². The van der Waals surface area contributed by atoms with E-state index in [0.717, 1.165) is 0 Å². The lowest BCUT2D eigenvalue weighted by Gasteiger charge is -2.30. The van der Waals surface area contributed by atoms with Crippen LogP contribution >= 0.6 is 0 Å². The van der Waals surface area contributed by atoms with Gasteiger partial charge >= 0.3 is 5.92 Å². The van der Waals surface area contributed by atoms with Gasteiger partial charge in [0.2, 0.25) is 10.0 Å². The van der Waals surface area contributed by atoms with Crippen LogP contribution in [0.1, 0.15) is 11.6 Å². The third-order valence-electron chi connectivity index (χ3n) is 4.12. The van der Waals surface area contributed by atoms with E-state index in [1.165, 1.54) is 75.3 Å². The maximum absolute atomic E-state index is 15.2. The summed E-state index contributed by atoms with van der Waals surface area (Å²) in [4.78, 5) is 12.3. The van der Waals surface area contributed by atoms with Crippen LogP contribution in [0.2, 0.25) is 19.6 Å². The van der Waals surface area contributed by atoms with Gasteiger partial charge in [-0.15, -0.1) is 0 Å². The van der Waals surface area contributed by atoms with E-state index < -0.39 is 35.5 Å². The fraction of sp³-hybridized carbons (Fsp3) is 0.316. The largest absolute Gasteiger partial charge is 0.497 e. The number of carbonyl (C=O) groups is 1. The summed E-state index contributed by atoms with van der Waals surface area (Å²) in [7, 11) is -5.79. The van der Waals surface area contributed by atoms with Gasteiger partial charge in [-0.1, -0.05) is 50.0 Å². The summed E-state index contributed by atoms with van der Waals surface area (Å²) in [6, 6.07) is 10.7. The summed E-state index contributed by atoms with van der Waals surface area (Å²) in [5, 5.41) is -1.22. The minimum atomic E-state index is -4.32. The first-order valence-electron chi connectivity index (χ1n) is 8.53. The van der Waals surface area contributed by atoms with Crippen LogP contribution in [0.4, 0.5) is 8.78 Å². The number of hydrogen-bond donors (Lipinski definition) is 1. The van der Waals surface area contributed by atoms with Crippen molar-refractivity contribution < 1.29 is 26.7 Å². The van der Waals surface area contributed by atoms with Gasteiger partial charge in [0.1, 0.15) is 19.9 Å². The Morgan fingerprint density at radius 1 is 1.04 bits per heavy atom. The number of methoxy groups -OCH3 is 1. The zero-order valence-corrected chi connectivity index (χ0v) is 17.9. The number of ether oxygens (including phenoxy) is 1. The standard InChI is InChI=1S/C19H23F2NO4SSi/c1-26-15-10-12-16(13-11-15)27(24,25)22-17(14-8-6-5-7-9-14)19(20,21)18(23)28(2,3)4/h5-13,17,22H,1-4H3. The topological polar surface area (TPSA) is 72.5 Å². The predicted octanol–water partition coefficient (Wildman–Crippen LogP) is 3.80. The van der Waals surface area contributed by atoms with Crippen LogP contribution in [0.5, 0.6) is 5.75 Å². The molecule has 0 aliphatic carbocycles. The number of benzene rings is 2. The van der Waals surface area contributed by atoms with Crippen molar-refractivity contribution >= 4 is 23.5 Å². The van der Waals surface area contributed by atoms with E-state index in [2.05, 4.69) is 0 Å². The molecule has 2 aromatic rings.